The number of β-amino-alcohol motifs (C(OH)–C–C–N with tert-alkyl or cyclic N) is 1. The third kappa shape index (κ3) is 2.66. The number of amides is 1. The van der Waals surface area contributed by atoms with Crippen LogP contribution in [0.25, 0.3) is 0 Å². The maximum atomic E-state index is 13.0. The van der Waals surface area contributed by atoms with Gasteiger partial charge in [0.2, 0.25) is 5.22 Å². The third-order valence-electron chi connectivity index (χ3n) is 3.64. The average molecular weight is 310 g/mol. The molecule has 6 heteroatoms. The quantitative estimate of drug-likeness (QED) is 0.927. The summed E-state index contributed by atoms with van der Waals surface area (Å²) in [6.45, 7) is 0.211. The zero-order chi connectivity index (χ0) is 15.0. The number of hydrogen-bond acceptors (Lipinski definition) is 3. The van der Waals surface area contributed by atoms with Crippen LogP contribution in [0.5, 0.6) is 0 Å². The van der Waals surface area contributed by atoms with Crippen LogP contribution < -0.4 is 0 Å². The molecular weight excluding hydrogens is 297 g/mol. The highest BCUT2D eigenvalue weighted by Gasteiger charge is 2.36. The molecule has 0 spiro atoms. The summed E-state index contributed by atoms with van der Waals surface area (Å²) in [6, 6.07) is 7.11. The highest BCUT2D eigenvalue weighted by atomic mass is 35.5. The second kappa shape index (κ2) is 5.50. The largest absolute Gasteiger partial charge is 0.452 e. The lowest BCUT2D eigenvalue weighted by atomic mass is 10.0. The first kappa shape index (κ1) is 14.1. The van der Waals surface area contributed by atoms with Gasteiger partial charge in [0.05, 0.1) is 24.0 Å². The van der Waals surface area contributed by atoms with Crippen LogP contribution in [0.4, 0.5) is 4.39 Å². The molecule has 1 aromatic carbocycles. The number of aliphatic hydroxyl groups is 1. The van der Waals surface area contributed by atoms with Crippen molar-refractivity contribution in [2.24, 2.45) is 0 Å². The van der Waals surface area contributed by atoms with E-state index in [1.54, 1.807) is 12.1 Å². The van der Waals surface area contributed by atoms with Crippen molar-refractivity contribution in [3.63, 3.8) is 0 Å². The molecule has 1 aliphatic rings. The predicted octanol–water partition coefficient (Wildman–Crippen LogP) is 3.02. The average Bonchev–Trinajstić information content (AvgIpc) is 3.05. The Morgan fingerprint density at radius 2 is 2.05 bits per heavy atom. The number of likely N-dealkylation sites (tertiary alicyclic amines) is 1. The molecule has 3 rings (SSSR count). The zero-order valence-corrected chi connectivity index (χ0v) is 11.8. The Kier molecular flexibility index (Phi) is 3.69. The second-order valence-electron chi connectivity index (χ2n) is 5.02. The molecule has 0 saturated carbocycles. The zero-order valence-electron chi connectivity index (χ0n) is 11.0. The van der Waals surface area contributed by atoms with Crippen LogP contribution in [0.1, 0.15) is 28.4 Å². The molecule has 1 aromatic heterocycles. The fraction of sp³-hybridized carbons (Fsp3) is 0.267. The van der Waals surface area contributed by atoms with Gasteiger partial charge in [-0.25, -0.2) is 4.39 Å². The second-order valence-corrected chi connectivity index (χ2v) is 5.37. The Balaban J connectivity index is 1.91. The van der Waals surface area contributed by atoms with E-state index >= 15 is 0 Å². The molecule has 1 N–H and O–H groups in total. The van der Waals surface area contributed by atoms with Gasteiger partial charge in [0.15, 0.2) is 0 Å². The number of benzene rings is 1. The first-order valence-electron chi connectivity index (χ1n) is 6.53. The fourth-order valence-electron chi connectivity index (χ4n) is 2.64. The van der Waals surface area contributed by atoms with E-state index in [4.69, 9.17) is 16.0 Å². The van der Waals surface area contributed by atoms with Gasteiger partial charge in [0, 0.05) is 6.54 Å². The fourth-order valence-corrected chi connectivity index (χ4v) is 2.84. The smallest absolute Gasteiger partial charge is 0.259 e. The molecule has 0 radical (unpaired) electrons. The molecule has 0 bridgehead atoms. The van der Waals surface area contributed by atoms with Crippen LogP contribution in [0, 0.1) is 5.82 Å². The van der Waals surface area contributed by atoms with Crippen LogP contribution >= 0.6 is 11.6 Å². The number of furan rings is 1. The lowest BCUT2D eigenvalue weighted by molar-refractivity contribution is 0.0715. The van der Waals surface area contributed by atoms with Crippen LogP contribution in [0.2, 0.25) is 5.22 Å². The Morgan fingerprint density at radius 3 is 2.67 bits per heavy atom. The molecule has 110 valence electrons. The van der Waals surface area contributed by atoms with E-state index in [1.165, 1.54) is 29.4 Å². The number of aliphatic hydroxyl groups excluding tert-OH is 1. The normalized spacial score (nSPS) is 21.8. The highest BCUT2D eigenvalue weighted by molar-refractivity contribution is 6.32. The maximum absolute atomic E-state index is 13.0. The van der Waals surface area contributed by atoms with E-state index < -0.39 is 6.10 Å². The number of nitrogens with zero attached hydrogens (tertiary/aromatic N) is 1. The Labute approximate surface area is 125 Å². The first-order chi connectivity index (χ1) is 10.1. The van der Waals surface area contributed by atoms with Gasteiger partial charge in [0.1, 0.15) is 5.82 Å². The molecule has 1 saturated heterocycles. The van der Waals surface area contributed by atoms with Gasteiger partial charge in [-0.2, -0.15) is 0 Å². The standard InChI is InChI=1S/C15H13ClFNO3/c16-14-12(5-6-21-14)15(20)18-8-11(19)7-13(18)9-1-3-10(17)4-2-9/h1-6,11,13,19H,7-8H2. The molecule has 4 nitrogen and oxygen atoms in total. The number of hydrogen-bond donors (Lipinski definition) is 1. The Bertz CT molecular complexity index is 655. The van der Waals surface area contributed by atoms with Crippen molar-refractivity contribution >= 4 is 17.5 Å². The van der Waals surface area contributed by atoms with E-state index in [9.17, 15) is 14.3 Å². The number of rotatable bonds is 2. The van der Waals surface area contributed by atoms with E-state index in [0.717, 1.165) is 5.56 Å². The summed E-state index contributed by atoms with van der Waals surface area (Å²) in [4.78, 5) is 14.1. The predicted molar refractivity (Wildman–Crippen MR) is 74.5 cm³/mol. The van der Waals surface area contributed by atoms with Gasteiger partial charge in [0.25, 0.3) is 5.91 Å². The van der Waals surface area contributed by atoms with E-state index in [2.05, 4.69) is 0 Å². The summed E-state index contributed by atoms with van der Waals surface area (Å²) >= 11 is 5.84. The third-order valence-corrected chi connectivity index (χ3v) is 3.94. The SMILES string of the molecule is O=C(c1ccoc1Cl)N1CC(O)CC1c1ccc(F)cc1. The molecule has 2 aromatic rings. The Morgan fingerprint density at radius 1 is 1.33 bits per heavy atom. The summed E-state index contributed by atoms with van der Waals surface area (Å²) < 4.78 is 18.0. The number of halogens is 2. The Hall–Kier alpha value is -1.85. The molecule has 1 aliphatic heterocycles. The minimum absolute atomic E-state index is 0.0271. The van der Waals surface area contributed by atoms with Gasteiger partial charge >= 0.3 is 0 Å². The van der Waals surface area contributed by atoms with Gasteiger partial charge < -0.3 is 14.4 Å². The van der Waals surface area contributed by atoms with Crippen molar-refractivity contribution < 1.29 is 18.7 Å². The number of carbonyl (C=O) groups excluding carboxylic acids is 1. The van der Waals surface area contributed by atoms with E-state index in [0.29, 0.717) is 6.42 Å². The van der Waals surface area contributed by atoms with Crippen LogP contribution in [-0.2, 0) is 0 Å². The topological polar surface area (TPSA) is 53.7 Å². The molecule has 0 aliphatic carbocycles. The van der Waals surface area contributed by atoms with Crippen LogP contribution in [0.15, 0.2) is 41.0 Å². The molecule has 2 heterocycles. The maximum Gasteiger partial charge on any atom is 0.259 e. The minimum Gasteiger partial charge on any atom is -0.452 e. The van der Waals surface area contributed by atoms with Crippen molar-refractivity contribution in [3.8, 4) is 0 Å². The van der Waals surface area contributed by atoms with Crippen molar-refractivity contribution in [2.45, 2.75) is 18.6 Å². The molecular formula is C15H13ClFNO3. The van der Waals surface area contributed by atoms with Gasteiger partial charge in [-0.1, -0.05) is 12.1 Å². The van der Waals surface area contributed by atoms with Crippen molar-refractivity contribution in [3.05, 3.63) is 58.8 Å². The summed E-state index contributed by atoms with van der Waals surface area (Å²) in [7, 11) is 0. The summed E-state index contributed by atoms with van der Waals surface area (Å²) in [5.74, 6) is -0.646. The minimum atomic E-state index is -0.616. The lowest BCUT2D eigenvalue weighted by Crippen LogP contribution is -2.31. The lowest BCUT2D eigenvalue weighted by Gasteiger charge is -2.24. The number of carbonyl (C=O) groups is 1. The monoisotopic (exact) mass is 309 g/mol. The van der Waals surface area contributed by atoms with Crippen LogP contribution in [-0.4, -0.2) is 28.6 Å². The molecule has 1 amide bonds. The highest BCUT2D eigenvalue weighted by Crippen LogP contribution is 2.34. The van der Waals surface area contributed by atoms with Crippen LogP contribution in [0.3, 0.4) is 0 Å². The molecule has 1 fully saturated rings. The first-order valence-corrected chi connectivity index (χ1v) is 6.91. The van der Waals surface area contributed by atoms with E-state index in [-0.39, 0.29) is 35.1 Å². The van der Waals surface area contributed by atoms with Crippen molar-refractivity contribution in [1.29, 1.82) is 0 Å². The molecule has 21 heavy (non-hydrogen) atoms. The summed E-state index contributed by atoms with van der Waals surface area (Å²) in [6.07, 6.45) is 1.14. The molecule has 2 unspecified atom stereocenters. The van der Waals surface area contributed by atoms with Gasteiger partial charge in [-0.15, -0.1) is 0 Å². The summed E-state index contributed by atoms with van der Waals surface area (Å²) in [5.41, 5.74) is 1.04. The van der Waals surface area contributed by atoms with Gasteiger partial charge in [-0.05, 0) is 41.8 Å². The summed E-state index contributed by atoms with van der Waals surface area (Å²) in [5, 5.41) is 9.90. The molecule has 2 atom stereocenters. The van der Waals surface area contributed by atoms with Crippen molar-refractivity contribution in [1.82, 2.24) is 4.90 Å². The van der Waals surface area contributed by atoms with E-state index in [1.807, 2.05) is 0 Å². The van der Waals surface area contributed by atoms with Gasteiger partial charge in [-0.3, -0.25) is 4.79 Å². The van der Waals surface area contributed by atoms with Crippen molar-refractivity contribution in [2.75, 3.05) is 6.54 Å².